The fraction of sp³-hybridized carbons (Fsp3) is 0.474. The molecule has 3 aliphatic rings. The van der Waals surface area contributed by atoms with Crippen molar-refractivity contribution in [2.75, 3.05) is 5.32 Å². The van der Waals surface area contributed by atoms with Gasteiger partial charge in [-0.3, -0.25) is 9.59 Å². The molecule has 1 amide bonds. The van der Waals surface area contributed by atoms with Crippen LogP contribution in [0.15, 0.2) is 30.4 Å². The molecule has 4 rings (SSSR count). The lowest BCUT2D eigenvalue weighted by molar-refractivity contribution is -0.146. The molecule has 2 bridgehead atoms. The number of hydrogen-bond donors (Lipinski definition) is 2. The van der Waals surface area contributed by atoms with Crippen molar-refractivity contribution in [2.24, 2.45) is 29.1 Å². The summed E-state index contributed by atoms with van der Waals surface area (Å²) >= 11 is 0. The van der Waals surface area contributed by atoms with Crippen LogP contribution >= 0.6 is 0 Å². The van der Waals surface area contributed by atoms with E-state index in [1.807, 2.05) is 38.1 Å². The molecule has 2 fully saturated rings. The van der Waals surface area contributed by atoms with Crippen LogP contribution in [0.1, 0.15) is 24.0 Å². The maximum Gasteiger partial charge on any atom is 0.307 e. The van der Waals surface area contributed by atoms with E-state index < -0.39 is 17.8 Å². The average Bonchev–Trinajstić information content (AvgIpc) is 3.17. The fourth-order valence-corrected chi connectivity index (χ4v) is 4.79. The van der Waals surface area contributed by atoms with E-state index in [2.05, 4.69) is 11.4 Å². The van der Waals surface area contributed by atoms with Crippen LogP contribution in [-0.2, 0) is 9.59 Å². The number of anilines is 1. The fourth-order valence-electron chi connectivity index (χ4n) is 4.79. The smallest absolute Gasteiger partial charge is 0.307 e. The number of hydrogen-bond acceptors (Lipinski definition) is 2. The zero-order chi connectivity index (χ0) is 16.4. The molecule has 2 saturated carbocycles. The predicted octanol–water partition coefficient (Wildman–Crippen LogP) is 3.15. The summed E-state index contributed by atoms with van der Waals surface area (Å²) in [5, 5.41) is 12.7. The van der Waals surface area contributed by atoms with Gasteiger partial charge in [0.2, 0.25) is 5.91 Å². The van der Waals surface area contributed by atoms with Crippen LogP contribution < -0.4 is 5.32 Å². The highest BCUT2D eigenvalue weighted by molar-refractivity contribution is 5.97. The van der Waals surface area contributed by atoms with E-state index in [1.165, 1.54) is 0 Å². The topological polar surface area (TPSA) is 66.4 Å². The molecule has 2 N–H and O–H groups in total. The second-order valence-corrected chi connectivity index (χ2v) is 7.30. The van der Waals surface area contributed by atoms with Gasteiger partial charge in [0.05, 0.1) is 11.8 Å². The summed E-state index contributed by atoms with van der Waals surface area (Å²) in [7, 11) is 0. The van der Waals surface area contributed by atoms with Crippen LogP contribution in [0.4, 0.5) is 5.69 Å². The average molecular weight is 311 g/mol. The largest absolute Gasteiger partial charge is 0.481 e. The van der Waals surface area contributed by atoms with Crippen LogP contribution in [0.25, 0.3) is 0 Å². The molecule has 23 heavy (non-hydrogen) atoms. The molecule has 4 nitrogen and oxygen atoms in total. The van der Waals surface area contributed by atoms with Crippen LogP contribution in [0.5, 0.6) is 0 Å². The summed E-state index contributed by atoms with van der Waals surface area (Å²) in [4.78, 5) is 24.7. The first-order valence-corrected chi connectivity index (χ1v) is 8.24. The number of benzene rings is 1. The van der Waals surface area contributed by atoms with E-state index in [9.17, 15) is 14.7 Å². The Bertz CT molecular complexity index is 732. The summed E-state index contributed by atoms with van der Waals surface area (Å²) in [5.41, 5.74) is 3.00. The second kappa shape index (κ2) is 4.70. The molecule has 0 saturated heterocycles. The van der Waals surface area contributed by atoms with Crippen molar-refractivity contribution in [3.05, 3.63) is 41.5 Å². The molecule has 1 aromatic rings. The SMILES string of the molecule is Cc1cccc(NC(=O)[C@@H]2[C@H](C(=O)O)[C@H]3C=C[C@H]2C32CC2)c1C. The highest BCUT2D eigenvalue weighted by Gasteiger charge is 2.70. The van der Waals surface area contributed by atoms with Crippen LogP contribution in [0, 0.1) is 42.9 Å². The van der Waals surface area contributed by atoms with Gasteiger partial charge in [-0.1, -0.05) is 24.3 Å². The molecule has 4 atom stereocenters. The van der Waals surface area contributed by atoms with Crippen LogP contribution in [0.3, 0.4) is 0 Å². The first kappa shape index (κ1) is 14.5. The molecule has 0 radical (unpaired) electrons. The summed E-state index contributed by atoms with van der Waals surface area (Å²) in [6.45, 7) is 3.98. The van der Waals surface area contributed by atoms with E-state index in [1.54, 1.807) is 0 Å². The van der Waals surface area contributed by atoms with Gasteiger partial charge in [0, 0.05) is 5.69 Å². The maximum absolute atomic E-state index is 12.9. The standard InChI is InChI=1S/C19H21NO3/c1-10-4-3-5-14(11(10)2)20-17(21)15-12-6-7-13(16(15)18(22)23)19(12)8-9-19/h3-7,12-13,15-16H,8-9H2,1-2H3,(H,20,21)(H,22,23)/t12-,13-,15+,16-/m1/s1. The van der Waals surface area contributed by atoms with Gasteiger partial charge in [-0.05, 0) is 61.1 Å². The van der Waals surface area contributed by atoms with Gasteiger partial charge < -0.3 is 10.4 Å². The van der Waals surface area contributed by atoms with Crippen molar-refractivity contribution in [3.8, 4) is 0 Å². The molecular formula is C19H21NO3. The molecule has 120 valence electrons. The molecule has 3 aliphatic carbocycles. The molecule has 0 aliphatic heterocycles. The lowest BCUT2D eigenvalue weighted by Gasteiger charge is -2.24. The number of carboxylic acid groups (broad SMARTS) is 1. The van der Waals surface area contributed by atoms with Crippen molar-refractivity contribution in [3.63, 3.8) is 0 Å². The number of aliphatic carboxylic acids is 1. The van der Waals surface area contributed by atoms with Crippen LogP contribution in [0.2, 0.25) is 0 Å². The maximum atomic E-state index is 12.9. The molecule has 0 heterocycles. The summed E-state index contributed by atoms with van der Waals surface area (Å²) in [6, 6.07) is 5.80. The van der Waals surface area contributed by atoms with Crippen molar-refractivity contribution >= 4 is 17.6 Å². The van der Waals surface area contributed by atoms with Gasteiger partial charge >= 0.3 is 5.97 Å². The normalized spacial score (nSPS) is 32.3. The van der Waals surface area contributed by atoms with Crippen molar-refractivity contribution < 1.29 is 14.7 Å². The Morgan fingerprint density at radius 3 is 2.39 bits per heavy atom. The lowest BCUT2D eigenvalue weighted by atomic mass is 9.82. The number of carbonyl (C=O) groups excluding carboxylic acids is 1. The number of carbonyl (C=O) groups is 2. The molecule has 1 spiro atoms. The Balaban J connectivity index is 1.64. The Kier molecular flexibility index (Phi) is 2.96. The Morgan fingerprint density at radius 1 is 1.13 bits per heavy atom. The summed E-state index contributed by atoms with van der Waals surface area (Å²) in [6.07, 6.45) is 6.22. The predicted molar refractivity (Wildman–Crippen MR) is 86.9 cm³/mol. The number of carboxylic acids is 1. The molecule has 1 aromatic carbocycles. The summed E-state index contributed by atoms with van der Waals surface area (Å²) in [5.74, 6) is -1.91. The number of aryl methyl sites for hydroxylation is 1. The van der Waals surface area contributed by atoms with Gasteiger partial charge in [-0.2, -0.15) is 0 Å². The molecule has 0 aromatic heterocycles. The Hall–Kier alpha value is -2.10. The Labute approximate surface area is 135 Å². The van der Waals surface area contributed by atoms with Crippen molar-refractivity contribution in [2.45, 2.75) is 26.7 Å². The number of rotatable bonds is 3. The van der Waals surface area contributed by atoms with Crippen molar-refractivity contribution in [1.82, 2.24) is 0 Å². The number of nitrogens with one attached hydrogen (secondary N) is 1. The first-order chi connectivity index (χ1) is 11.0. The first-order valence-electron chi connectivity index (χ1n) is 8.24. The highest BCUT2D eigenvalue weighted by atomic mass is 16.4. The van der Waals surface area contributed by atoms with Gasteiger partial charge in [-0.15, -0.1) is 0 Å². The lowest BCUT2D eigenvalue weighted by Crippen LogP contribution is -2.36. The number of amides is 1. The second-order valence-electron chi connectivity index (χ2n) is 7.30. The third-order valence-electron chi connectivity index (χ3n) is 6.29. The zero-order valence-electron chi connectivity index (χ0n) is 13.4. The summed E-state index contributed by atoms with van der Waals surface area (Å²) < 4.78 is 0. The van der Waals surface area contributed by atoms with E-state index in [-0.39, 0.29) is 23.2 Å². The molecule has 0 unspecified atom stereocenters. The minimum atomic E-state index is -0.839. The molecule has 4 heteroatoms. The monoisotopic (exact) mass is 311 g/mol. The molecular weight excluding hydrogens is 290 g/mol. The minimum Gasteiger partial charge on any atom is -0.481 e. The Morgan fingerprint density at radius 2 is 1.78 bits per heavy atom. The van der Waals surface area contributed by atoms with Gasteiger partial charge in [0.15, 0.2) is 0 Å². The van der Waals surface area contributed by atoms with E-state index >= 15 is 0 Å². The third kappa shape index (κ3) is 1.90. The highest BCUT2D eigenvalue weighted by Crippen LogP contribution is 2.72. The third-order valence-corrected chi connectivity index (χ3v) is 6.29. The van der Waals surface area contributed by atoms with Gasteiger partial charge in [0.1, 0.15) is 0 Å². The van der Waals surface area contributed by atoms with E-state index in [0.717, 1.165) is 29.7 Å². The van der Waals surface area contributed by atoms with Gasteiger partial charge in [0.25, 0.3) is 0 Å². The van der Waals surface area contributed by atoms with E-state index in [4.69, 9.17) is 0 Å². The zero-order valence-corrected chi connectivity index (χ0v) is 13.4. The van der Waals surface area contributed by atoms with Crippen molar-refractivity contribution in [1.29, 1.82) is 0 Å². The van der Waals surface area contributed by atoms with E-state index in [0.29, 0.717) is 0 Å². The quantitative estimate of drug-likeness (QED) is 0.843. The number of allylic oxidation sites excluding steroid dienone is 2. The van der Waals surface area contributed by atoms with Gasteiger partial charge in [-0.25, -0.2) is 0 Å². The minimum absolute atomic E-state index is 0.0272. The van der Waals surface area contributed by atoms with Crippen LogP contribution in [-0.4, -0.2) is 17.0 Å².